The van der Waals surface area contributed by atoms with E-state index in [0.717, 1.165) is 17.3 Å². The van der Waals surface area contributed by atoms with Gasteiger partial charge in [0.1, 0.15) is 11.0 Å². The molecule has 1 heterocycles. The Hall–Kier alpha value is -3.46. The summed E-state index contributed by atoms with van der Waals surface area (Å²) >= 11 is 1.00. The molecule has 1 fully saturated rings. The molecular formula is C20H17N3O5S. The fraction of sp³-hybridized carbons (Fsp3) is 0.150. The quantitative estimate of drug-likeness (QED) is 0.327. The van der Waals surface area contributed by atoms with Crippen LogP contribution in [0, 0.1) is 6.92 Å². The standard InChI is InChI=1S/C20H17N3O5S/c1-12-6-8-13(9-7-12)19(27)28-15-5-3-2-4-14(15)11-21-23-20-22-18(26)16(29-20)10-17(24)25/h2-9,11,16H,10H2,1H3,(H,24,25)(H,22,23,26)/b21-11-/t16-/m1/s1. The van der Waals surface area contributed by atoms with Gasteiger partial charge in [-0.3, -0.25) is 9.59 Å². The van der Waals surface area contributed by atoms with Gasteiger partial charge in [-0.1, -0.05) is 41.6 Å². The molecule has 2 N–H and O–H groups in total. The highest BCUT2D eigenvalue weighted by atomic mass is 32.2. The van der Waals surface area contributed by atoms with E-state index >= 15 is 0 Å². The van der Waals surface area contributed by atoms with Crippen molar-refractivity contribution in [3.63, 3.8) is 0 Å². The molecule has 0 saturated carbocycles. The largest absolute Gasteiger partial charge is 0.481 e. The van der Waals surface area contributed by atoms with Gasteiger partial charge >= 0.3 is 11.9 Å². The van der Waals surface area contributed by atoms with E-state index in [9.17, 15) is 14.4 Å². The summed E-state index contributed by atoms with van der Waals surface area (Å²) in [5.41, 5.74) is 1.99. The molecule has 1 saturated heterocycles. The van der Waals surface area contributed by atoms with Crippen molar-refractivity contribution in [2.45, 2.75) is 18.6 Å². The summed E-state index contributed by atoms with van der Waals surface area (Å²) in [6.45, 7) is 1.93. The highest BCUT2D eigenvalue weighted by molar-refractivity contribution is 8.15. The number of carbonyl (C=O) groups is 3. The highest BCUT2D eigenvalue weighted by Crippen LogP contribution is 2.22. The lowest BCUT2D eigenvalue weighted by atomic mass is 10.1. The number of hydrogen-bond donors (Lipinski definition) is 2. The van der Waals surface area contributed by atoms with Crippen molar-refractivity contribution >= 4 is 41.0 Å². The van der Waals surface area contributed by atoms with Crippen LogP contribution in [0.5, 0.6) is 5.75 Å². The molecule has 9 heteroatoms. The molecule has 0 radical (unpaired) electrons. The first-order valence-electron chi connectivity index (χ1n) is 8.60. The number of carbonyl (C=O) groups excluding carboxylic acids is 2. The Morgan fingerprint density at radius 1 is 1.21 bits per heavy atom. The second-order valence-corrected chi connectivity index (χ2v) is 7.33. The summed E-state index contributed by atoms with van der Waals surface area (Å²) in [4.78, 5) is 34.8. The molecule has 29 heavy (non-hydrogen) atoms. The number of hydrogen-bond acceptors (Lipinski definition) is 7. The highest BCUT2D eigenvalue weighted by Gasteiger charge is 2.32. The number of thioether (sulfide) groups is 1. The lowest BCUT2D eigenvalue weighted by Crippen LogP contribution is -2.26. The van der Waals surface area contributed by atoms with Crippen LogP contribution < -0.4 is 10.1 Å². The van der Waals surface area contributed by atoms with E-state index in [1.807, 2.05) is 19.1 Å². The van der Waals surface area contributed by atoms with Gasteiger partial charge in [0, 0.05) is 5.56 Å². The van der Waals surface area contributed by atoms with Crippen molar-refractivity contribution in [3.8, 4) is 5.75 Å². The molecule has 1 atom stereocenters. The van der Waals surface area contributed by atoms with Crippen LogP contribution in [0.25, 0.3) is 0 Å². The van der Waals surface area contributed by atoms with Crippen LogP contribution >= 0.6 is 11.8 Å². The molecule has 0 unspecified atom stereocenters. The van der Waals surface area contributed by atoms with Gasteiger partial charge in [0.15, 0.2) is 5.17 Å². The van der Waals surface area contributed by atoms with Gasteiger partial charge in [0.2, 0.25) is 5.91 Å². The number of aliphatic carboxylic acids is 1. The number of benzene rings is 2. The molecule has 1 aliphatic rings. The zero-order chi connectivity index (χ0) is 20.8. The third kappa shape index (κ3) is 5.52. The van der Waals surface area contributed by atoms with Gasteiger partial charge in [-0.2, -0.15) is 5.10 Å². The Bertz CT molecular complexity index is 1000. The molecule has 1 aliphatic heterocycles. The van der Waals surface area contributed by atoms with Crippen molar-refractivity contribution in [3.05, 3.63) is 65.2 Å². The first-order valence-corrected chi connectivity index (χ1v) is 9.48. The van der Waals surface area contributed by atoms with E-state index in [0.29, 0.717) is 16.9 Å². The molecular weight excluding hydrogens is 394 g/mol. The Morgan fingerprint density at radius 2 is 1.93 bits per heavy atom. The number of amidine groups is 1. The molecule has 3 rings (SSSR count). The number of carboxylic acid groups (broad SMARTS) is 1. The van der Waals surface area contributed by atoms with Crippen LogP contribution in [0.15, 0.2) is 58.7 Å². The molecule has 148 valence electrons. The van der Waals surface area contributed by atoms with Gasteiger partial charge in [0.25, 0.3) is 0 Å². The van der Waals surface area contributed by atoms with Crippen LogP contribution in [0.2, 0.25) is 0 Å². The van der Waals surface area contributed by atoms with E-state index in [1.54, 1.807) is 36.4 Å². The predicted octanol–water partition coefficient (Wildman–Crippen LogP) is 2.61. The summed E-state index contributed by atoms with van der Waals surface area (Å²) in [6.07, 6.45) is 1.10. The van der Waals surface area contributed by atoms with Gasteiger partial charge < -0.3 is 15.2 Å². The first-order chi connectivity index (χ1) is 13.9. The number of ether oxygens (including phenoxy) is 1. The third-order valence-corrected chi connectivity index (χ3v) is 4.96. The van der Waals surface area contributed by atoms with Crippen molar-refractivity contribution in [2.24, 2.45) is 10.2 Å². The number of esters is 1. The Kier molecular flexibility index (Phi) is 6.40. The summed E-state index contributed by atoms with van der Waals surface area (Å²) in [7, 11) is 0. The third-order valence-electron chi connectivity index (χ3n) is 3.89. The minimum Gasteiger partial charge on any atom is -0.481 e. The van der Waals surface area contributed by atoms with Crippen molar-refractivity contribution < 1.29 is 24.2 Å². The summed E-state index contributed by atoms with van der Waals surface area (Å²) in [6, 6.07) is 13.8. The van der Waals surface area contributed by atoms with Gasteiger partial charge in [-0.05, 0) is 31.2 Å². The smallest absolute Gasteiger partial charge is 0.343 e. The van der Waals surface area contributed by atoms with Crippen LogP contribution in [-0.2, 0) is 9.59 Å². The van der Waals surface area contributed by atoms with Gasteiger partial charge in [-0.15, -0.1) is 5.10 Å². The monoisotopic (exact) mass is 411 g/mol. The molecule has 0 bridgehead atoms. The Morgan fingerprint density at radius 3 is 2.66 bits per heavy atom. The summed E-state index contributed by atoms with van der Waals surface area (Å²) in [5, 5.41) is 18.6. The molecule has 0 spiro atoms. The number of rotatable bonds is 6. The summed E-state index contributed by atoms with van der Waals surface area (Å²) < 4.78 is 5.45. The molecule has 8 nitrogen and oxygen atoms in total. The number of amides is 1. The normalized spacial score (nSPS) is 17.5. The maximum Gasteiger partial charge on any atom is 0.343 e. The van der Waals surface area contributed by atoms with E-state index in [4.69, 9.17) is 9.84 Å². The zero-order valence-electron chi connectivity index (χ0n) is 15.4. The second-order valence-electron chi connectivity index (χ2n) is 6.14. The topological polar surface area (TPSA) is 117 Å². The maximum absolute atomic E-state index is 12.3. The van der Waals surface area contributed by atoms with E-state index in [1.165, 1.54) is 6.21 Å². The van der Waals surface area contributed by atoms with Crippen molar-refractivity contribution in [1.82, 2.24) is 5.32 Å². The fourth-order valence-electron chi connectivity index (χ4n) is 2.42. The van der Waals surface area contributed by atoms with Gasteiger partial charge in [0.05, 0.1) is 18.2 Å². The molecule has 0 aliphatic carbocycles. The average molecular weight is 411 g/mol. The van der Waals surface area contributed by atoms with Crippen LogP contribution in [-0.4, -0.2) is 39.6 Å². The predicted molar refractivity (Wildman–Crippen MR) is 109 cm³/mol. The molecule has 2 aromatic carbocycles. The first kappa shape index (κ1) is 20.3. The molecule has 2 aromatic rings. The van der Waals surface area contributed by atoms with Crippen molar-refractivity contribution in [1.29, 1.82) is 0 Å². The minimum atomic E-state index is -1.06. The lowest BCUT2D eigenvalue weighted by Gasteiger charge is -2.07. The lowest BCUT2D eigenvalue weighted by molar-refractivity contribution is -0.138. The van der Waals surface area contributed by atoms with Crippen molar-refractivity contribution in [2.75, 3.05) is 0 Å². The SMILES string of the molecule is Cc1ccc(C(=O)Oc2ccccc2/C=N\N=C2\NC(=O)[C@@H](CC(=O)O)S2)cc1. The van der Waals surface area contributed by atoms with E-state index in [2.05, 4.69) is 15.5 Å². The average Bonchev–Trinajstić information content (AvgIpc) is 3.02. The molecule has 1 amide bonds. The minimum absolute atomic E-state index is 0.214. The number of carboxylic acids is 1. The molecule has 0 aromatic heterocycles. The van der Waals surface area contributed by atoms with Gasteiger partial charge in [-0.25, -0.2) is 4.79 Å². The maximum atomic E-state index is 12.3. The van der Waals surface area contributed by atoms with E-state index in [-0.39, 0.29) is 11.6 Å². The van der Waals surface area contributed by atoms with E-state index < -0.39 is 23.1 Å². The van der Waals surface area contributed by atoms with Crippen LogP contribution in [0.3, 0.4) is 0 Å². The number of aryl methyl sites for hydroxylation is 1. The second kappa shape index (κ2) is 9.16. The van der Waals surface area contributed by atoms with Crippen LogP contribution in [0.4, 0.5) is 0 Å². The number of para-hydroxylation sites is 1. The number of nitrogens with one attached hydrogen (secondary N) is 1. The zero-order valence-corrected chi connectivity index (χ0v) is 16.2. The Balaban J connectivity index is 1.69. The fourth-order valence-corrected chi connectivity index (χ4v) is 3.33. The van der Waals surface area contributed by atoms with Crippen LogP contribution in [0.1, 0.15) is 27.9 Å². The summed E-state index contributed by atoms with van der Waals surface area (Å²) in [5.74, 6) is -1.66. The number of nitrogens with zero attached hydrogens (tertiary/aromatic N) is 2. The Labute approximate surface area is 170 Å².